The zero-order chi connectivity index (χ0) is 20.5. The summed E-state index contributed by atoms with van der Waals surface area (Å²) in [5.41, 5.74) is 3.15. The SMILES string of the molecule is CC[C@@H](C(=O)NC)N(Cc1ccc(F)cc1)C(=O)CSCc1ccc(C)cc1. The first-order valence-electron chi connectivity index (χ1n) is 9.33. The molecule has 150 valence electrons. The summed E-state index contributed by atoms with van der Waals surface area (Å²) in [4.78, 5) is 26.8. The van der Waals surface area contributed by atoms with Crippen LogP contribution >= 0.6 is 11.8 Å². The van der Waals surface area contributed by atoms with Crippen molar-refractivity contribution in [3.05, 3.63) is 71.0 Å². The third kappa shape index (κ3) is 6.37. The van der Waals surface area contributed by atoms with Crippen molar-refractivity contribution in [2.75, 3.05) is 12.8 Å². The number of rotatable bonds is 9. The van der Waals surface area contributed by atoms with Crippen LogP contribution in [0.1, 0.15) is 30.0 Å². The van der Waals surface area contributed by atoms with Crippen LogP contribution in [0.4, 0.5) is 4.39 Å². The number of nitrogens with one attached hydrogen (secondary N) is 1. The number of hydrogen-bond acceptors (Lipinski definition) is 3. The van der Waals surface area contributed by atoms with Crippen molar-refractivity contribution < 1.29 is 14.0 Å². The summed E-state index contributed by atoms with van der Waals surface area (Å²) in [6.45, 7) is 4.19. The average molecular weight is 403 g/mol. The monoisotopic (exact) mass is 402 g/mol. The van der Waals surface area contributed by atoms with Crippen LogP contribution in [0.15, 0.2) is 48.5 Å². The maximum absolute atomic E-state index is 13.2. The van der Waals surface area contributed by atoms with E-state index in [2.05, 4.69) is 29.6 Å². The normalized spacial score (nSPS) is 11.7. The van der Waals surface area contributed by atoms with Crippen LogP contribution in [0.5, 0.6) is 0 Å². The van der Waals surface area contributed by atoms with Crippen molar-refractivity contribution >= 4 is 23.6 Å². The summed E-state index contributed by atoms with van der Waals surface area (Å²) in [6.07, 6.45) is 0.509. The fourth-order valence-corrected chi connectivity index (χ4v) is 3.77. The van der Waals surface area contributed by atoms with Crippen LogP contribution < -0.4 is 5.32 Å². The number of benzene rings is 2. The van der Waals surface area contributed by atoms with Crippen LogP contribution in [0.25, 0.3) is 0 Å². The van der Waals surface area contributed by atoms with Crippen molar-refractivity contribution in [3.8, 4) is 0 Å². The molecule has 6 heteroatoms. The summed E-state index contributed by atoms with van der Waals surface area (Å²) < 4.78 is 13.2. The molecule has 0 heterocycles. The van der Waals surface area contributed by atoms with Gasteiger partial charge in [0.1, 0.15) is 11.9 Å². The van der Waals surface area contributed by atoms with Gasteiger partial charge in [0.25, 0.3) is 0 Å². The quantitative estimate of drug-likeness (QED) is 0.692. The maximum Gasteiger partial charge on any atom is 0.242 e. The average Bonchev–Trinajstić information content (AvgIpc) is 2.70. The minimum Gasteiger partial charge on any atom is -0.357 e. The fraction of sp³-hybridized carbons (Fsp3) is 0.364. The van der Waals surface area contributed by atoms with Gasteiger partial charge in [0.2, 0.25) is 11.8 Å². The Morgan fingerprint density at radius 2 is 1.68 bits per heavy atom. The molecule has 0 saturated carbocycles. The molecular formula is C22H27FN2O2S. The Hall–Kier alpha value is -2.34. The number of nitrogens with zero attached hydrogens (tertiary/aromatic N) is 1. The third-order valence-corrected chi connectivity index (χ3v) is 5.50. The number of carbonyl (C=O) groups is 2. The van der Waals surface area contributed by atoms with Gasteiger partial charge in [-0.25, -0.2) is 4.39 Å². The Kier molecular flexibility index (Phi) is 8.51. The minimum atomic E-state index is -0.553. The predicted octanol–water partition coefficient (Wildman–Crippen LogP) is 3.92. The molecule has 2 aromatic carbocycles. The van der Waals surface area contributed by atoms with Crippen LogP contribution in [-0.2, 0) is 21.9 Å². The number of thioether (sulfide) groups is 1. The van der Waals surface area contributed by atoms with Crippen molar-refractivity contribution in [1.29, 1.82) is 0 Å². The first-order chi connectivity index (χ1) is 13.4. The number of hydrogen-bond donors (Lipinski definition) is 1. The molecule has 0 unspecified atom stereocenters. The molecule has 0 bridgehead atoms. The van der Waals surface area contributed by atoms with E-state index in [0.29, 0.717) is 6.42 Å². The van der Waals surface area contributed by atoms with Crippen molar-refractivity contribution in [2.45, 2.75) is 38.6 Å². The molecule has 0 aliphatic heterocycles. The second kappa shape index (κ2) is 10.9. The fourth-order valence-electron chi connectivity index (χ4n) is 2.90. The molecule has 2 aromatic rings. The van der Waals surface area contributed by atoms with Crippen molar-refractivity contribution in [1.82, 2.24) is 10.2 Å². The van der Waals surface area contributed by atoms with Gasteiger partial charge in [-0.3, -0.25) is 9.59 Å². The summed E-state index contributed by atoms with van der Waals surface area (Å²) in [5, 5.41) is 2.63. The van der Waals surface area contributed by atoms with Crippen LogP contribution in [0.2, 0.25) is 0 Å². The van der Waals surface area contributed by atoms with E-state index in [4.69, 9.17) is 0 Å². The molecule has 2 amide bonds. The van der Waals surface area contributed by atoms with E-state index in [1.54, 1.807) is 24.1 Å². The highest BCUT2D eigenvalue weighted by Gasteiger charge is 2.27. The smallest absolute Gasteiger partial charge is 0.242 e. The Morgan fingerprint density at radius 1 is 1.07 bits per heavy atom. The van der Waals surface area contributed by atoms with Gasteiger partial charge in [-0.2, -0.15) is 0 Å². The predicted molar refractivity (Wildman–Crippen MR) is 112 cm³/mol. The maximum atomic E-state index is 13.2. The lowest BCUT2D eigenvalue weighted by molar-refractivity contribution is -0.139. The Labute approximate surface area is 170 Å². The largest absolute Gasteiger partial charge is 0.357 e. The van der Waals surface area contributed by atoms with Gasteiger partial charge in [-0.15, -0.1) is 11.8 Å². The number of halogens is 1. The molecule has 0 spiro atoms. The number of aryl methyl sites for hydroxylation is 1. The first kappa shape index (κ1) is 22.0. The lowest BCUT2D eigenvalue weighted by Gasteiger charge is -2.30. The zero-order valence-corrected chi connectivity index (χ0v) is 17.4. The van der Waals surface area contributed by atoms with Crippen LogP contribution in [0.3, 0.4) is 0 Å². The van der Waals surface area contributed by atoms with Gasteiger partial charge in [0, 0.05) is 19.3 Å². The summed E-state index contributed by atoms with van der Waals surface area (Å²) in [5.74, 6) is 0.391. The molecule has 0 fully saturated rings. The van der Waals surface area contributed by atoms with Gasteiger partial charge in [0.05, 0.1) is 5.75 Å². The second-order valence-electron chi connectivity index (χ2n) is 6.66. The van der Waals surface area contributed by atoms with E-state index in [-0.39, 0.29) is 29.9 Å². The molecular weight excluding hydrogens is 375 g/mol. The molecule has 1 N–H and O–H groups in total. The van der Waals surface area contributed by atoms with E-state index in [0.717, 1.165) is 16.9 Å². The van der Waals surface area contributed by atoms with Crippen LogP contribution in [0, 0.1) is 12.7 Å². The number of likely N-dealkylation sites (N-methyl/N-ethyl adjacent to an activating group) is 1. The lowest BCUT2D eigenvalue weighted by Crippen LogP contribution is -2.48. The molecule has 4 nitrogen and oxygen atoms in total. The second-order valence-corrected chi connectivity index (χ2v) is 7.65. The minimum absolute atomic E-state index is 0.100. The first-order valence-corrected chi connectivity index (χ1v) is 10.5. The van der Waals surface area contributed by atoms with E-state index in [9.17, 15) is 14.0 Å². The standard InChI is InChI=1S/C22H27FN2O2S/c1-4-20(22(27)24-3)25(13-17-9-11-19(23)12-10-17)21(26)15-28-14-18-7-5-16(2)6-8-18/h5-12,20H,4,13-15H2,1-3H3,(H,24,27)/t20-/m0/s1. The highest BCUT2D eigenvalue weighted by Crippen LogP contribution is 2.18. The van der Waals surface area contributed by atoms with E-state index in [1.807, 2.05) is 13.8 Å². The van der Waals surface area contributed by atoms with Gasteiger partial charge in [-0.1, -0.05) is 48.9 Å². The summed E-state index contributed by atoms with van der Waals surface area (Å²) >= 11 is 1.53. The van der Waals surface area contributed by atoms with Crippen molar-refractivity contribution in [3.63, 3.8) is 0 Å². The summed E-state index contributed by atoms with van der Waals surface area (Å²) in [6, 6.07) is 13.7. The molecule has 2 rings (SSSR count). The van der Waals surface area contributed by atoms with E-state index < -0.39 is 6.04 Å². The molecule has 28 heavy (non-hydrogen) atoms. The molecule has 1 atom stereocenters. The highest BCUT2D eigenvalue weighted by atomic mass is 32.2. The number of carbonyl (C=O) groups excluding carboxylic acids is 2. The van der Waals surface area contributed by atoms with Gasteiger partial charge >= 0.3 is 0 Å². The topological polar surface area (TPSA) is 49.4 Å². The third-order valence-electron chi connectivity index (χ3n) is 4.51. The van der Waals surface area contributed by atoms with Gasteiger partial charge in [0.15, 0.2) is 0 Å². The molecule has 0 aromatic heterocycles. The van der Waals surface area contributed by atoms with E-state index >= 15 is 0 Å². The van der Waals surface area contributed by atoms with Crippen LogP contribution in [-0.4, -0.2) is 35.6 Å². The summed E-state index contributed by atoms with van der Waals surface area (Å²) in [7, 11) is 1.57. The molecule has 0 radical (unpaired) electrons. The molecule has 0 aliphatic carbocycles. The van der Waals surface area contributed by atoms with Crippen molar-refractivity contribution in [2.24, 2.45) is 0 Å². The molecule has 0 aliphatic rings. The molecule has 0 saturated heterocycles. The van der Waals surface area contributed by atoms with Gasteiger partial charge in [-0.05, 0) is 36.6 Å². The van der Waals surface area contributed by atoms with E-state index in [1.165, 1.54) is 29.5 Å². The Balaban J connectivity index is 2.07. The Morgan fingerprint density at radius 3 is 2.25 bits per heavy atom. The zero-order valence-electron chi connectivity index (χ0n) is 16.6. The Bertz CT molecular complexity index is 778. The number of amides is 2. The lowest BCUT2D eigenvalue weighted by atomic mass is 10.1. The van der Waals surface area contributed by atoms with Gasteiger partial charge < -0.3 is 10.2 Å². The highest BCUT2D eigenvalue weighted by molar-refractivity contribution is 7.99.